The lowest BCUT2D eigenvalue weighted by atomic mass is 9.94. The molecule has 7 heteroatoms. The van der Waals surface area contributed by atoms with E-state index in [1.54, 1.807) is 30.3 Å². The third kappa shape index (κ3) is 6.22. The zero-order valence-corrected chi connectivity index (χ0v) is 21.1. The van der Waals surface area contributed by atoms with Gasteiger partial charge in [0.2, 0.25) is 0 Å². The van der Waals surface area contributed by atoms with Gasteiger partial charge in [-0.1, -0.05) is 26.0 Å². The molecule has 1 atom stereocenters. The largest absolute Gasteiger partial charge is 0.508 e. The van der Waals surface area contributed by atoms with Crippen LogP contribution in [0.4, 0.5) is 0 Å². The molecule has 1 amide bonds. The van der Waals surface area contributed by atoms with Crippen molar-refractivity contribution in [2.45, 2.75) is 53.2 Å². The molecule has 188 valence electrons. The van der Waals surface area contributed by atoms with E-state index < -0.39 is 17.7 Å². The lowest BCUT2D eigenvalue weighted by molar-refractivity contribution is -0.140. The Bertz CT molecular complexity index is 1090. The number of carbonyl (C=O) groups is 2. The van der Waals surface area contributed by atoms with Gasteiger partial charge in [-0.25, -0.2) is 0 Å². The van der Waals surface area contributed by atoms with Crippen molar-refractivity contribution in [3.05, 3.63) is 64.7 Å². The molecule has 1 aliphatic rings. The Labute approximate surface area is 207 Å². The molecule has 1 saturated heterocycles. The summed E-state index contributed by atoms with van der Waals surface area (Å²) < 4.78 is 11.4. The Morgan fingerprint density at radius 1 is 1.06 bits per heavy atom. The highest BCUT2D eigenvalue weighted by Crippen LogP contribution is 2.40. The summed E-state index contributed by atoms with van der Waals surface area (Å²) in [7, 11) is 0. The quantitative estimate of drug-likeness (QED) is 0.215. The van der Waals surface area contributed by atoms with E-state index in [2.05, 4.69) is 13.8 Å². The van der Waals surface area contributed by atoms with E-state index >= 15 is 0 Å². The molecule has 1 heterocycles. The van der Waals surface area contributed by atoms with Crippen molar-refractivity contribution in [3.63, 3.8) is 0 Å². The van der Waals surface area contributed by atoms with Crippen LogP contribution in [0.15, 0.2) is 48.0 Å². The van der Waals surface area contributed by atoms with E-state index in [1.165, 1.54) is 17.0 Å². The zero-order chi connectivity index (χ0) is 25.7. The molecule has 3 rings (SSSR count). The van der Waals surface area contributed by atoms with Gasteiger partial charge in [0, 0.05) is 18.7 Å². The molecule has 0 bridgehead atoms. The van der Waals surface area contributed by atoms with Gasteiger partial charge in [0.25, 0.3) is 11.7 Å². The number of aromatic hydroxyl groups is 1. The fourth-order valence-corrected chi connectivity index (χ4v) is 4.04. The smallest absolute Gasteiger partial charge is 0.295 e. The van der Waals surface area contributed by atoms with E-state index in [1.807, 2.05) is 20.8 Å². The van der Waals surface area contributed by atoms with Gasteiger partial charge in [0.05, 0.1) is 24.3 Å². The number of aliphatic hydroxyl groups excluding tert-OH is 1. The number of carbonyl (C=O) groups excluding carboxylic acids is 2. The molecule has 0 spiro atoms. The predicted octanol–water partition coefficient (Wildman–Crippen LogP) is 4.97. The first-order valence-corrected chi connectivity index (χ1v) is 12.0. The third-order valence-corrected chi connectivity index (χ3v) is 5.76. The Hall–Kier alpha value is -3.32. The van der Waals surface area contributed by atoms with E-state index in [4.69, 9.17) is 9.47 Å². The molecule has 0 radical (unpaired) electrons. The number of phenolic OH excluding ortho intramolecular Hbond substituents is 1. The summed E-state index contributed by atoms with van der Waals surface area (Å²) >= 11 is 0. The Morgan fingerprint density at radius 3 is 2.34 bits per heavy atom. The summed E-state index contributed by atoms with van der Waals surface area (Å²) in [6, 6.07) is 10.8. The molecule has 0 aliphatic carbocycles. The lowest BCUT2D eigenvalue weighted by Crippen LogP contribution is -2.31. The minimum Gasteiger partial charge on any atom is -0.508 e. The molecule has 7 nitrogen and oxygen atoms in total. The van der Waals surface area contributed by atoms with Gasteiger partial charge in [-0.15, -0.1) is 0 Å². The van der Waals surface area contributed by atoms with Gasteiger partial charge >= 0.3 is 0 Å². The SMILES string of the molecule is Cc1cc(/C(O)=C2/C(=O)C(=O)N(CCCOC(C)C)C2c2ccc(O)cc2)ccc1OCC(C)C. The number of benzene rings is 2. The Morgan fingerprint density at radius 2 is 1.74 bits per heavy atom. The molecular formula is C28H35NO6. The molecule has 35 heavy (non-hydrogen) atoms. The predicted molar refractivity (Wildman–Crippen MR) is 134 cm³/mol. The highest BCUT2D eigenvalue weighted by atomic mass is 16.5. The minimum absolute atomic E-state index is 0.0284. The van der Waals surface area contributed by atoms with Crippen molar-refractivity contribution in [2.24, 2.45) is 5.92 Å². The van der Waals surface area contributed by atoms with Crippen molar-refractivity contribution in [1.29, 1.82) is 0 Å². The van der Waals surface area contributed by atoms with Gasteiger partial charge in [-0.3, -0.25) is 9.59 Å². The average Bonchev–Trinajstić information content (AvgIpc) is 3.05. The fourth-order valence-electron chi connectivity index (χ4n) is 4.04. The van der Waals surface area contributed by atoms with Crippen LogP contribution in [0.2, 0.25) is 0 Å². The van der Waals surface area contributed by atoms with Crippen molar-refractivity contribution in [2.75, 3.05) is 19.8 Å². The molecule has 2 aromatic rings. The summed E-state index contributed by atoms with van der Waals surface area (Å²) in [5, 5.41) is 21.0. The first-order valence-electron chi connectivity index (χ1n) is 12.0. The molecule has 0 aromatic heterocycles. The van der Waals surface area contributed by atoms with Gasteiger partial charge < -0.3 is 24.6 Å². The normalized spacial score (nSPS) is 17.6. The summed E-state index contributed by atoms with van der Waals surface area (Å²) in [6.45, 7) is 11.2. The molecule has 1 fully saturated rings. The van der Waals surface area contributed by atoms with Crippen LogP contribution in [0.1, 0.15) is 56.8 Å². The number of likely N-dealkylation sites (tertiary alicyclic amines) is 1. The monoisotopic (exact) mass is 481 g/mol. The highest BCUT2D eigenvalue weighted by molar-refractivity contribution is 6.46. The van der Waals surface area contributed by atoms with E-state index in [9.17, 15) is 19.8 Å². The maximum atomic E-state index is 13.1. The molecule has 0 saturated carbocycles. The average molecular weight is 482 g/mol. The van der Waals surface area contributed by atoms with Crippen molar-refractivity contribution < 1.29 is 29.3 Å². The number of aliphatic hydroxyl groups is 1. The number of rotatable bonds is 10. The van der Waals surface area contributed by atoms with Crippen LogP contribution in [0.3, 0.4) is 0 Å². The number of nitrogens with zero attached hydrogens (tertiary/aromatic N) is 1. The van der Waals surface area contributed by atoms with E-state index in [-0.39, 0.29) is 23.2 Å². The van der Waals surface area contributed by atoms with Crippen LogP contribution < -0.4 is 4.74 Å². The van der Waals surface area contributed by atoms with Gasteiger partial charge in [-0.2, -0.15) is 0 Å². The molecule has 2 N–H and O–H groups in total. The second-order valence-electron chi connectivity index (χ2n) is 9.54. The maximum Gasteiger partial charge on any atom is 0.295 e. The number of ketones is 1. The van der Waals surface area contributed by atoms with Gasteiger partial charge in [0.1, 0.15) is 17.3 Å². The topological polar surface area (TPSA) is 96.3 Å². The number of ether oxygens (including phenoxy) is 2. The number of phenols is 1. The molecule has 1 unspecified atom stereocenters. The van der Waals surface area contributed by atoms with Crippen LogP contribution in [0.25, 0.3) is 5.76 Å². The summed E-state index contributed by atoms with van der Waals surface area (Å²) in [5.41, 5.74) is 1.91. The fraction of sp³-hybridized carbons (Fsp3) is 0.429. The first-order chi connectivity index (χ1) is 16.6. The lowest BCUT2D eigenvalue weighted by Gasteiger charge is -2.25. The van der Waals surface area contributed by atoms with Gasteiger partial charge in [0.15, 0.2) is 0 Å². The first kappa shape index (κ1) is 26.3. The number of hydrogen-bond acceptors (Lipinski definition) is 6. The standard InChI is InChI=1S/C28H35NO6/c1-17(2)16-35-23-12-9-21(15-19(23)5)26(31)24-25(20-7-10-22(30)11-8-20)29(28(33)27(24)32)13-6-14-34-18(3)4/h7-12,15,17-18,25,30-31H,6,13-14,16H2,1-5H3/b26-24-. The van der Waals surface area contributed by atoms with Crippen LogP contribution in [-0.2, 0) is 14.3 Å². The minimum atomic E-state index is -0.771. The second kappa shape index (κ2) is 11.4. The van der Waals surface area contributed by atoms with Crippen molar-refractivity contribution >= 4 is 17.4 Å². The van der Waals surface area contributed by atoms with Crippen molar-refractivity contribution in [1.82, 2.24) is 4.90 Å². The third-order valence-electron chi connectivity index (χ3n) is 5.76. The summed E-state index contributed by atoms with van der Waals surface area (Å²) in [4.78, 5) is 27.6. The number of aryl methyl sites for hydroxylation is 1. The van der Waals surface area contributed by atoms with Crippen LogP contribution >= 0.6 is 0 Å². The number of hydrogen-bond donors (Lipinski definition) is 2. The van der Waals surface area contributed by atoms with Crippen LogP contribution in [0, 0.1) is 12.8 Å². The number of amides is 1. The maximum absolute atomic E-state index is 13.1. The highest BCUT2D eigenvalue weighted by Gasteiger charge is 2.45. The second-order valence-corrected chi connectivity index (χ2v) is 9.54. The van der Waals surface area contributed by atoms with Crippen LogP contribution in [-0.4, -0.2) is 52.7 Å². The molecule has 1 aliphatic heterocycles. The number of Topliss-reactive ketones (excluding diaryl/α,β-unsaturated/α-hetero) is 1. The summed E-state index contributed by atoms with van der Waals surface area (Å²) in [5.74, 6) is -0.485. The van der Waals surface area contributed by atoms with Crippen LogP contribution in [0.5, 0.6) is 11.5 Å². The summed E-state index contributed by atoms with van der Waals surface area (Å²) in [6.07, 6.45) is 0.606. The molecule has 2 aromatic carbocycles. The van der Waals surface area contributed by atoms with Gasteiger partial charge in [-0.05, 0) is 74.6 Å². The Balaban J connectivity index is 1.99. The van der Waals surface area contributed by atoms with E-state index in [0.717, 1.165) is 5.56 Å². The Kier molecular flexibility index (Phi) is 8.57. The van der Waals surface area contributed by atoms with Crippen molar-refractivity contribution in [3.8, 4) is 11.5 Å². The zero-order valence-electron chi connectivity index (χ0n) is 21.1. The van der Waals surface area contributed by atoms with E-state index in [0.29, 0.717) is 49.0 Å². The molecular weight excluding hydrogens is 446 g/mol.